The van der Waals surface area contributed by atoms with E-state index in [4.69, 9.17) is 16.3 Å². The Balaban J connectivity index is 2.05. The van der Waals surface area contributed by atoms with Gasteiger partial charge in [0.2, 0.25) is 0 Å². The van der Waals surface area contributed by atoms with Gasteiger partial charge >= 0.3 is 0 Å². The van der Waals surface area contributed by atoms with E-state index < -0.39 is 11.7 Å². The number of halogens is 2. The number of hydrogen-bond donors (Lipinski definition) is 0. The summed E-state index contributed by atoms with van der Waals surface area (Å²) in [6, 6.07) is 4.22. The summed E-state index contributed by atoms with van der Waals surface area (Å²) in [4.78, 5) is 15.9. The maximum absolute atomic E-state index is 13.7. The zero-order valence-electron chi connectivity index (χ0n) is 11.6. The molecule has 1 amide bonds. The maximum atomic E-state index is 13.7. The minimum absolute atomic E-state index is 0.0618. The molecule has 0 spiro atoms. The Kier molecular flexibility index (Phi) is 4.96. The lowest BCUT2D eigenvalue weighted by Crippen LogP contribution is -2.46. The van der Waals surface area contributed by atoms with Gasteiger partial charge in [0.1, 0.15) is 5.82 Å². The Bertz CT molecular complexity index is 478. The predicted molar refractivity (Wildman–Crippen MR) is 75.6 cm³/mol. The van der Waals surface area contributed by atoms with Crippen LogP contribution in [0.25, 0.3) is 0 Å². The third-order valence-electron chi connectivity index (χ3n) is 3.34. The van der Waals surface area contributed by atoms with E-state index in [1.165, 1.54) is 23.1 Å². The molecule has 1 heterocycles. The van der Waals surface area contributed by atoms with Gasteiger partial charge in [0.05, 0.1) is 23.3 Å². The number of morpholine rings is 1. The third-order valence-corrected chi connectivity index (χ3v) is 3.66. The van der Waals surface area contributed by atoms with E-state index in [-0.39, 0.29) is 16.7 Å². The van der Waals surface area contributed by atoms with Crippen molar-refractivity contribution >= 4 is 17.5 Å². The molecule has 1 fully saturated rings. The second-order valence-electron chi connectivity index (χ2n) is 5.04. The average Bonchev–Trinajstić information content (AvgIpc) is 2.38. The van der Waals surface area contributed by atoms with E-state index in [0.29, 0.717) is 13.2 Å². The number of benzene rings is 1. The molecule has 1 saturated heterocycles. The fraction of sp³-hybridized carbons (Fsp3) is 0.500. The first kappa shape index (κ1) is 15.2. The second-order valence-corrected chi connectivity index (χ2v) is 5.44. The Morgan fingerprint density at radius 3 is 3.00 bits per heavy atom. The Morgan fingerprint density at radius 2 is 2.35 bits per heavy atom. The van der Waals surface area contributed by atoms with Crippen molar-refractivity contribution in [2.45, 2.75) is 6.10 Å². The fourth-order valence-corrected chi connectivity index (χ4v) is 2.50. The van der Waals surface area contributed by atoms with Gasteiger partial charge in [-0.2, -0.15) is 0 Å². The summed E-state index contributed by atoms with van der Waals surface area (Å²) >= 11 is 5.91. The maximum Gasteiger partial charge on any atom is 0.258 e. The lowest BCUT2D eigenvalue weighted by molar-refractivity contribution is -0.0301. The van der Waals surface area contributed by atoms with Crippen LogP contribution in [-0.2, 0) is 4.74 Å². The number of rotatable bonds is 3. The molecule has 0 radical (unpaired) electrons. The molecule has 0 aliphatic carbocycles. The van der Waals surface area contributed by atoms with Crippen molar-refractivity contribution in [3.8, 4) is 0 Å². The van der Waals surface area contributed by atoms with Gasteiger partial charge < -0.3 is 14.5 Å². The minimum atomic E-state index is -0.601. The van der Waals surface area contributed by atoms with Crippen molar-refractivity contribution in [1.29, 1.82) is 0 Å². The molecule has 20 heavy (non-hydrogen) atoms. The van der Waals surface area contributed by atoms with Crippen LogP contribution in [0.5, 0.6) is 0 Å². The number of hydrogen-bond acceptors (Lipinski definition) is 3. The summed E-state index contributed by atoms with van der Waals surface area (Å²) in [7, 11) is 3.63. The van der Waals surface area contributed by atoms with Crippen LogP contribution in [0.15, 0.2) is 18.2 Å². The third kappa shape index (κ3) is 3.48. The molecular weight excluding hydrogens is 283 g/mol. The summed E-state index contributed by atoms with van der Waals surface area (Å²) < 4.78 is 19.3. The van der Waals surface area contributed by atoms with Gasteiger partial charge in [0, 0.05) is 26.7 Å². The molecule has 1 aliphatic heterocycles. The highest BCUT2D eigenvalue weighted by Gasteiger charge is 2.24. The summed E-state index contributed by atoms with van der Waals surface area (Å²) in [5, 5.41) is 0.128. The van der Waals surface area contributed by atoms with Crippen LogP contribution in [0.2, 0.25) is 5.02 Å². The Morgan fingerprint density at radius 1 is 1.60 bits per heavy atom. The van der Waals surface area contributed by atoms with Crippen LogP contribution in [0, 0.1) is 5.82 Å². The highest BCUT2D eigenvalue weighted by molar-refractivity contribution is 6.33. The van der Waals surface area contributed by atoms with Gasteiger partial charge in [0.15, 0.2) is 0 Å². The fourth-order valence-electron chi connectivity index (χ4n) is 2.26. The summed E-state index contributed by atoms with van der Waals surface area (Å²) in [5.74, 6) is -1.03. The highest BCUT2D eigenvalue weighted by Crippen LogP contribution is 2.20. The van der Waals surface area contributed by atoms with E-state index in [9.17, 15) is 9.18 Å². The molecule has 0 aromatic heterocycles. The molecule has 1 aromatic carbocycles. The lowest BCUT2D eigenvalue weighted by Gasteiger charge is -2.32. The molecule has 0 N–H and O–H groups in total. The van der Waals surface area contributed by atoms with Crippen LogP contribution in [0.3, 0.4) is 0 Å². The quantitative estimate of drug-likeness (QED) is 0.854. The summed E-state index contributed by atoms with van der Waals surface area (Å²) in [6.45, 7) is 2.69. The SMILES string of the molecule is CN1CCOC(CN(C)C(=O)c2c(F)cccc2Cl)C1. The first-order valence-electron chi connectivity index (χ1n) is 6.48. The monoisotopic (exact) mass is 300 g/mol. The Hall–Kier alpha value is -1.17. The van der Waals surface area contributed by atoms with Crippen molar-refractivity contribution in [2.24, 2.45) is 0 Å². The van der Waals surface area contributed by atoms with Crippen LogP contribution in [0.4, 0.5) is 4.39 Å². The van der Waals surface area contributed by atoms with E-state index in [1.54, 1.807) is 7.05 Å². The normalized spacial score (nSPS) is 19.9. The molecule has 6 heteroatoms. The van der Waals surface area contributed by atoms with Crippen molar-refractivity contribution in [3.05, 3.63) is 34.6 Å². The van der Waals surface area contributed by atoms with E-state index in [0.717, 1.165) is 13.1 Å². The van der Waals surface area contributed by atoms with Gasteiger partial charge in [-0.1, -0.05) is 17.7 Å². The number of likely N-dealkylation sites (N-methyl/N-ethyl adjacent to an activating group) is 2. The summed E-state index contributed by atoms with van der Waals surface area (Å²) in [6.07, 6.45) is -0.0618. The number of carbonyl (C=O) groups is 1. The van der Waals surface area contributed by atoms with Crippen LogP contribution < -0.4 is 0 Å². The van der Waals surface area contributed by atoms with E-state index >= 15 is 0 Å². The van der Waals surface area contributed by atoms with Gasteiger partial charge in [-0.3, -0.25) is 4.79 Å². The predicted octanol–water partition coefficient (Wildman–Crippen LogP) is 1.88. The molecular formula is C14H18ClFN2O2. The molecule has 110 valence electrons. The number of ether oxygens (including phenoxy) is 1. The largest absolute Gasteiger partial charge is 0.374 e. The zero-order chi connectivity index (χ0) is 14.7. The molecule has 1 aromatic rings. The van der Waals surface area contributed by atoms with Gasteiger partial charge in [0.25, 0.3) is 5.91 Å². The molecule has 0 saturated carbocycles. The zero-order valence-corrected chi connectivity index (χ0v) is 12.4. The smallest absolute Gasteiger partial charge is 0.258 e. The molecule has 2 rings (SSSR count). The van der Waals surface area contributed by atoms with Crippen LogP contribution in [0.1, 0.15) is 10.4 Å². The number of amides is 1. The second kappa shape index (κ2) is 6.52. The first-order valence-corrected chi connectivity index (χ1v) is 6.86. The van der Waals surface area contributed by atoms with Gasteiger partial charge in [-0.05, 0) is 19.2 Å². The lowest BCUT2D eigenvalue weighted by atomic mass is 10.1. The van der Waals surface area contributed by atoms with Crippen molar-refractivity contribution in [2.75, 3.05) is 40.3 Å². The molecule has 1 atom stereocenters. The van der Waals surface area contributed by atoms with Crippen molar-refractivity contribution in [3.63, 3.8) is 0 Å². The van der Waals surface area contributed by atoms with Crippen LogP contribution >= 0.6 is 11.6 Å². The molecule has 4 nitrogen and oxygen atoms in total. The number of carbonyl (C=O) groups excluding carboxylic acids is 1. The Labute approximate surface area is 123 Å². The molecule has 1 unspecified atom stereocenters. The van der Waals surface area contributed by atoms with Gasteiger partial charge in [-0.25, -0.2) is 4.39 Å². The van der Waals surface area contributed by atoms with E-state index in [2.05, 4.69) is 4.90 Å². The van der Waals surface area contributed by atoms with E-state index in [1.807, 2.05) is 7.05 Å². The standard InChI is InChI=1S/C14H18ClFN2O2/c1-17-6-7-20-10(8-17)9-18(2)14(19)13-11(15)4-3-5-12(13)16/h3-5,10H,6-9H2,1-2H3. The molecule has 0 bridgehead atoms. The van der Waals surface area contributed by atoms with Gasteiger partial charge in [-0.15, -0.1) is 0 Å². The van der Waals surface area contributed by atoms with Crippen molar-refractivity contribution < 1.29 is 13.9 Å². The first-order chi connectivity index (χ1) is 9.49. The average molecular weight is 301 g/mol. The number of nitrogens with zero attached hydrogens (tertiary/aromatic N) is 2. The molecule has 1 aliphatic rings. The minimum Gasteiger partial charge on any atom is -0.374 e. The highest BCUT2D eigenvalue weighted by atomic mass is 35.5. The van der Waals surface area contributed by atoms with Crippen LogP contribution in [-0.4, -0.2) is 62.1 Å². The summed E-state index contributed by atoms with van der Waals surface area (Å²) in [5.41, 5.74) is -0.0826. The van der Waals surface area contributed by atoms with Crippen molar-refractivity contribution in [1.82, 2.24) is 9.80 Å². The topological polar surface area (TPSA) is 32.8 Å².